The van der Waals surface area contributed by atoms with Gasteiger partial charge in [-0.3, -0.25) is 4.79 Å². The molecule has 0 amide bonds. The highest BCUT2D eigenvalue weighted by molar-refractivity contribution is 5.81. The summed E-state index contributed by atoms with van der Waals surface area (Å²) >= 11 is 0. The molecule has 1 saturated carbocycles. The molecular formula is C11H21NO. The highest BCUT2D eigenvalue weighted by Gasteiger charge is 2.28. The summed E-state index contributed by atoms with van der Waals surface area (Å²) in [5.41, 5.74) is 0. The number of ketones is 1. The van der Waals surface area contributed by atoms with Crippen molar-refractivity contribution in [2.24, 2.45) is 5.92 Å². The summed E-state index contributed by atoms with van der Waals surface area (Å²) in [5.74, 6) is 0.903. The summed E-state index contributed by atoms with van der Waals surface area (Å²) in [4.78, 5) is 11.4. The van der Waals surface area contributed by atoms with Crippen molar-refractivity contribution in [3.05, 3.63) is 0 Å². The highest BCUT2D eigenvalue weighted by Crippen LogP contribution is 2.28. The van der Waals surface area contributed by atoms with E-state index in [1.807, 2.05) is 0 Å². The molecule has 1 rings (SSSR count). The molecule has 0 radical (unpaired) electrons. The van der Waals surface area contributed by atoms with Gasteiger partial charge >= 0.3 is 0 Å². The Labute approximate surface area is 81.1 Å². The predicted octanol–water partition coefficient (Wildman–Crippen LogP) is 2.13. The summed E-state index contributed by atoms with van der Waals surface area (Å²) in [6.07, 6.45) is 5.05. The average Bonchev–Trinajstić information content (AvgIpc) is 2.50. The third kappa shape index (κ3) is 3.11. The Bertz CT molecular complexity index is 171. The van der Waals surface area contributed by atoms with E-state index in [4.69, 9.17) is 0 Å². The molecule has 0 spiro atoms. The van der Waals surface area contributed by atoms with Crippen LogP contribution in [-0.2, 0) is 4.79 Å². The highest BCUT2D eigenvalue weighted by atomic mass is 16.1. The van der Waals surface area contributed by atoms with Crippen LogP contribution in [0.4, 0.5) is 0 Å². The van der Waals surface area contributed by atoms with Crippen molar-refractivity contribution in [2.75, 3.05) is 0 Å². The summed E-state index contributed by atoms with van der Waals surface area (Å²) in [6.45, 7) is 5.91. The minimum atomic E-state index is 0.113. The predicted molar refractivity (Wildman–Crippen MR) is 54.7 cm³/mol. The van der Waals surface area contributed by atoms with Crippen LogP contribution in [0.5, 0.6) is 0 Å². The van der Waals surface area contributed by atoms with Gasteiger partial charge in [0.25, 0.3) is 0 Å². The molecule has 0 aliphatic heterocycles. The third-order valence-electron chi connectivity index (χ3n) is 2.82. The fourth-order valence-electron chi connectivity index (χ4n) is 2.24. The summed E-state index contributed by atoms with van der Waals surface area (Å²) in [5, 5.41) is 3.37. The van der Waals surface area contributed by atoms with Crippen molar-refractivity contribution in [1.82, 2.24) is 5.32 Å². The van der Waals surface area contributed by atoms with Gasteiger partial charge in [-0.25, -0.2) is 0 Å². The summed E-state index contributed by atoms with van der Waals surface area (Å²) in [7, 11) is 0. The Morgan fingerprint density at radius 2 is 1.85 bits per heavy atom. The van der Waals surface area contributed by atoms with E-state index in [1.54, 1.807) is 6.92 Å². The summed E-state index contributed by atoms with van der Waals surface area (Å²) in [6, 6.07) is 0.525. The van der Waals surface area contributed by atoms with Gasteiger partial charge in [-0.2, -0.15) is 0 Å². The van der Waals surface area contributed by atoms with Gasteiger partial charge < -0.3 is 5.32 Å². The van der Waals surface area contributed by atoms with E-state index in [0.29, 0.717) is 17.7 Å². The van der Waals surface area contributed by atoms with Crippen molar-refractivity contribution in [3.63, 3.8) is 0 Å². The van der Waals surface area contributed by atoms with Crippen LogP contribution in [0.15, 0.2) is 0 Å². The lowest BCUT2D eigenvalue weighted by Gasteiger charge is -2.24. The standard InChI is InChI=1S/C11H21NO/c1-8(2)12-11(9(3)13)10-6-4-5-7-10/h8,10-12H,4-7H2,1-3H3/t11-/m1/s1. The number of rotatable bonds is 4. The second kappa shape index (κ2) is 4.75. The Kier molecular flexibility index (Phi) is 3.91. The van der Waals surface area contributed by atoms with Crippen LogP contribution in [0.1, 0.15) is 46.5 Å². The van der Waals surface area contributed by atoms with Crippen molar-refractivity contribution >= 4 is 5.78 Å². The van der Waals surface area contributed by atoms with Crippen LogP contribution < -0.4 is 5.32 Å². The average molecular weight is 183 g/mol. The first-order valence-corrected chi connectivity index (χ1v) is 5.37. The van der Waals surface area contributed by atoms with Gasteiger partial charge in [-0.1, -0.05) is 26.7 Å². The van der Waals surface area contributed by atoms with Crippen LogP contribution in [0.3, 0.4) is 0 Å². The first-order chi connectivity index (χ1) is 6.11. The molecule has 1 N–H and O–H groups in total. The monoisotopic (exact) mass is 183 g/mol. The fraction of sp³-hybridized carbons (Fsp3) is 0.909. The second-order valence-corrected chi connectivity index (χ2v) is 4.45. The maximum atomic E-state index is 11.4. The van der Waals surface area contributed by atoms with Crippen molar-refractivity contribution in [2.45, 2.75) is 58.5 Å². The Morgan fingerprint density at radius 3 is 2.23 bits per heavy atom. The number of hydrogen-bond acceptors (Lipinski definition) is 2. The molecule has 1 fully saturated rings. The van der Waals surface area contributed by atoms with Gasteiger partial charge in [-0.05, 0) is 25.7 Å². The zero-order valence-electron chi connectivity index (χ0n) is 8.97. The van der Waals surface area contributed by atoms with E-state index >= 15 is 0 Å². The van der Waals surface area contributed by atoms with Gasteiger partial charge in [0, 0.05) is 6.04 Å². The van der Waals surface area contributed by atoms with E-state index in [0.717, 1.165) is 0 Å². The zero-order chi connectivity index (χ0) is 9.84. The van der Waals surface area contributed by atoms with Crippen LogP contribution in [0.2, 0.25) is 0 Å². The van der Waals surface area contributed by atoms with Crippen molar-refractivity contribution in [1.29, 1.82) is 0 Å². The maximum absolute atomic E-state index is 11.4. The lowest BCUT2D eigenvalue weighted by Crippen LogP contribution is -2.44. The molecule has 0 aromatic heterocycles. The molecule has 0 bridgehead atoms. The Morgan fingerprint density at radius 1 is 1.31 bits per heavy atom. The topological polar surface area (TPSA) is 29.1 Å². The number of carbonyl (C=O) groups excluding carboxylic acids is 1. The molecule has 2 heteroatoms. The lowest BCUT2D eigenvalue weighted by atomic mass is 9.94. The number of Topliss-reactive ketones (excluding diaryl/α,β-unsaturated/α-hetero) is 1. The molecule has 2 nitrogen and oxygen atoms in total. The zero-order valence-corrected chi connectivity index (χ0v) is 8.97. The normalized spacial score (nSPS) is 20.9. The molecule has 0 heterocycles. The number of nitrogens with one attached hydrogen (secondary N) is 1. The maximum Gasteiger partial charge on any atom is 0.146 e. The fourth-order valence-corrected chi connectivity index (χ4v) is 2.24. The van der Waals surface area contributed by atoms with Gasteiger partial charge in [0.05, 0.1) is 6.04 Å². The van der Waals surface area contributed by atoms with Crippen molar-refractivity contribution in [3.8, 4) is 0 Å². The quantitative estimate of drug-likeness (QED) is 0.723. The molecule has 0 aromatic carbocycles. The minimum absolute atomic E-state index is 0.113. The first-order valence-electron chi connectivity index (χ1n) is 5.37. The van der Waals surface area contributed by atoms with E-state index < -0.39 is 0 Å². The largest absolute Gasteiger partial charge is 0.305 e. The van der Waals surface area contributed by atoms with Gasteiger partial charge in [0.2, 0.25) is 0 Å². The van der Waals surface area contributed by atoms with E-state index in [1.165, 1.54) is 25.7 Å². The molecule has 13 heavy (non-hydrogen) atoms. The molecule has 0 aromatic rings. The van der Waals surface area contributed by atoms with Crippen LogP contribution in [-0.4, -0.2) is 17.9 Å². The van der Waals surface area contributed by atoms with Crippen LogP contribution >= 0.6 is 0 Å². The molecule has 1 aliphatic carbocycles. The smallest absolute Gasteiger partial charge is 0.146 e. The second-order valence-electron chi connectivity index (χ2n) is 4.45. The molecular weight excluding hydrogens is 162 g/mol. The van der Waals surface area contributed by atoms with Crippen molar-refractivity contribution < 1.29 is 4.79 Å². The molecule has 0 saturated heterocycles. The minimum Gasteiger partial charge on any atom is -0.305 e. The number of hydrogen-bond donors (Lipinski definition) is 1. The van der Waals surface area contributed by atoms with E-state index in [2.05, 4.69) is 19.2 Å². The van der Waals surface area contributed by atoms with Gasteiger partial charge in [-0.15, -0.1) is 0 Å². The lowest BCUT2D eigenvalue weighted by molar-refractivity contribution is -0.120. The molecule has 1 aliphatic rings. The third-order valence-corrected chi connectivity index (χ3v) is 2.82. The van der Waals surface area contributed by atoms with Crippen LogP contribution in [0.25, 0.3) is 0 Å². The van der Waals surface area contributed by atoms with Crippen LogP contribution in [0, 0.1) is 5.92 Å². The van der Waals surface area contributed by atoms with Gasteiger partial charge in [0.15, 0.2) is 0 Å². The van der Waals surface area contributed by atoms with E-state index in [9.17, 15) is 4.79 Å². The first kappa shape index (κ1) is 10.7. The molecule has 0 unspecified atom stereocenters. The molecule has 76 valence electrons. The SMILES string of the molecule is CC(=O)[C@@H](NC(C)C)C1CCCC1. The summed E-state index contributed by atoms with van der Waals surface area (Å²) < 4.78 is 0. The Hall–Kier alpha value is -0.370. The molecule has 1 atom stereocenters. The number of carbonyl (C=O) groups is 1. The Balaban J connectivity index is 2.50. The van der Waals surface area contributed by atoms with Gasteiger partial charge in [0.1, 0.15) is 5.78 Å². The van der Waals surface area contributed by atoms with E-state index in [-0.39, 0.29) is 6.04 Å².